The highest BCUT2D eigenvalue weighted by Crippen LogP contribution is 2.34. The third-order valence-corrected chi connectivity index (χ3v) is 6.76. The van der Waals surface area contributed by atoms with Gasteiger partial charge in [-0.1, -0.05) is 38.1 Å². The molecule has 0 bridgehead atoms. The van der Waals surface area contributed by atoms with Crippen LogP contribution in [0.4, 0.5) is 17.1 Å². The van der Waals surface area contributed by atoms with Crippen molar-refractivity contribution < 1.29 is 14.4 Å². The second-order valence-corrected chi connectivity index (χ2v) is 10.3. The first-order chi connectivity index (χ1) is 17.5. The number of carbonyl (C=O) groups is 3. The molecule has 0 radical (unpaired) electrons. The Morgan fingerprint density at radius 3 is 2.27 bits per heavy atom. The number of nitrogens with zero attached hydrogens (tertiary/aromatic N) is 3. The molecule has 0 saturated heterocycles. The van der Waals surface area contributed by atoms with Crippen LogP contribution in [0, 0.1) is 12.8 Å². The Bertz CT molecular complexity index is 1270. The van der Waals surface area contributed by atoms with Crippen molar-refractivity contribution in [3.63, 3.8) is 0 Å². The number of anilines is 3. The van der Waals surface area contributed by atoms with E-state index in [0.29, 0.717) is 23.7 Å². The molecular weight excluding hydrogens is 488 g/mol. The lowest BCUT2D eigenvalue weighted by molar-refractivity contribution is -0.122. The number of benzene rings is 2. The fraction of sp³-hybridized carbons (Fsp3) is 0.333. The third kappa shape index (κ3) is 6.45. The van der Waals surface area contributed by atoms with E-state index < -0.39 is 17.9 Å². The largest absolute Gasteiger partial charge is 0.395 e. The molecule has 0 aliphatic rings. The van der Waals surface area contributed by atoms with Crippen molar-refractivity contribution in [3.8, 4) is 0 Å². The number of amides is 3. The van der Waals surface area contributed by atoms with Crippen LogP contribution in [0.1, 0.15) is 57.6 Å². The van der Waals surface area contributed by atoms with Crippen LogP contribution in [0.5, 0.6) is 0 Å². The lowest BCUT2D eigenvalue weighted by Gasteiger charge is -2.32. The van der Waals surface area contributed by atoms with E-state index in [2.05, 4.69) is 23.5 Å². The van der Waals surface area contributed by atoms with Crippen LogP contribution in [0.2, 0.25) is 0 Å². The molecular formula is C27H34N6O3S. The van der Waals surface area contributed by atoms with Gasteiger partial charge in [0.1, 0.15) is 10.9 Å². The Kier molecular flexibility index (Phi) is 8.88. The summed E-state index contributed by atoms with van der Waals surface area (Å²) < 4.78 is 4.00. The van der Waals surface area contributed by atoms with Gasteiger partial charge < -0.3 is 21.7 Å². The molecule has 3 rings (SSSR count). The maximum atomic E-state index is 14.1. The fourth-order valence-electron chi connectivity index (χ4n) is 3.85. The van der Waals surface area contributed by atoms with Gasteiger partial charge in [0.15, 0.2) is 5.69 Å². The number of hydrogen-bond acceptors (Lipinski definition) is 7. The summed E-state index contributed by atoms with van der Waals surface area (Å²) in [6.45, 7) is 6.53. The number of nitrogens with two attached hydrogens (primary N) is 2. The van der Waals surface area contributed by atoms with Crippen molar-refractivity contribution in [2.24, 2.45) is 11.7 Å². The summed E-state index contributed by atoms with van der Waals surface area (Å²) in [4.78, 5) is 43.0. The molecule has 3 amide bonds. The van der Waals surface area contributed by atoms with Crippen molar-refractivity contribution >= 4 is 46.3 Å². The number of nitrogen functional groups attached to an aromatic ring is 1. The summed E-state index contributed by atoms with van der Waals surface area (Å²) in [5.74, 6) is -1.30. The lowest BCUT2D eigenvalue weighted by Crippen LogP contribution is -2.44. The molecule has 0 aliphatic carbocycles. The summed E-state index contributed by atoms with van der Waals surface area (Å²) in [6, 6.07) is 13.8. The van der Waals surface area contributed by atoms with Gasteiger partial charge in [-0.05, 0) is 66.2 Å². The predicted octanol–water partition coefficient (Wildman–Crippen LogP) is 3.75. The first kappa shape index (κ1) is 27.7. The van der Waals surface area contributed by atoms with Crippen LogP contribution < -0.4 is 26.6 Å². The number of hydrogen-bond donors (Lipinski definition) is 3. The topological polar surface area (TPSA) is 135 Å². The Morgan fingerprint density at radius 2 is 1.73 bits per heavy atom. The zero-order valence-electron chi connectivity index (χ0n) is 21.8. The molecule has 0 saturated carbocycles. The molecule has 2 aromatic carbocycles. The van der Waals surface area contributed by atoms with E-state index >= 15 is 0 Å². The first-order valence-corrected chi connectivity index (χ1v) is 12.8. The van der Waals surface area contributed by atoms with Crippen molar-refractivity contribution in [3.05, 3.63) is 70.2 Å². The SMILES string of the molecule is Cc1cccc(N(C(=O)c2snc(C(N)=O)c2N)[C@@H](C(=O)NCCC(C)C)c2ccc(N(C)C)cc2)c1. The molecule has 3 aromatic rings. The number of aryl methyl sites for hydroxylation is 1. The number of carbonyl (C=O) groups excluding carboxylic acids is 3. The molecule has 1 atom stereocenters. The van der Waals surface area contributed by atoms with Gasteiger partial charge in [-0.15, -0.1) is 0 Å². The zero-order chi connectivity index (χ0) is 27.3. The third-order valence-electron chi connectivity index (χ3n) is 5.91. The van der Waals surface area contributed by atoms with Gasteiger partial charge in [-0.2, -0.15) is 4.37 Å². The zero-order valence-corrected chi connectivity index (χ0v) is 22.6. The van der Waals surface area contributed by atoms with Crippen LogP contribution in [-0.2, 0) is 4.79 Å². The second kappa shape index (κ2) is 11.9. The Morgan fingerprint density at radius 1 is 1.05 bits per heavy atom. The maximum Gasteiger partial charge on any atom is 0.273 e. The highest BCUT2D eigenvalue weighted by molar-refractivity contribution is 7.09. The van der Waals surface area contributed by atoms with E-state index in [1.54, 1.807) is 6.07 Å². The summed E-state index contributed by atoms with van der Waals surface area (Å²) in [5, 5.41) is 3.00. The Labute approximate surface area is 221 Å². The number of aromatic nitrogens is 1. The van der Waals surface area contributed by atoms with E-state index in [-0.39, 0.29) is 22.2 Å². The molecule has 9 nitrogen and oxygen atoms in total. The van der Waals surface area contributed by atoms with Crippen molar-refractivity contribution in [2.75, 3.05) is 36.2 Å². The Hall–Kier alpha value is -3.92. The standard InChI is InChI=1S/C27H34N6O3S/c1-16(2)13-14-30-26(35)23(18-9-11-19(12-10-18)32(4)5)33(20-8-6-7-17(3)15-20)27(36)24-21(28)22(25(29)34)31-37-24/h6-12,15-16,23H,13-14,28H2,1-5H3,(H2,29,34)(H,30,35)/t23-/m1/s1. The average molecular weight is 523 g/mol. The van der Waals surface area contributed by atoms with Gasteiger partial charge in [-0.25, -0.2) is 0 Å². The van der Waals surface area contributed by atoms with Crippen LogP contribution in [0.3, 0.4) is 0 Å². The minimum Gasteiger partial charge on any atom is -0.395 e. The first-order valence-electron chi connectivity index (χ1n) is 12.0. The van der Waals surface area contributed by atoms with Crippen LogP contribution in [0.15, 0.2) is 48.5 Å². The molecule has 1 aromatic heterocycles. The van der Waals surface area contributed by atoms with E-state index in [1.165, 1.54) is 4.90 Å². The minimum absolute atomic E-state index is 0.0419. The van der Waals surface area contributed by atoms with E-state index in [1.807, 2.05) is 68.4 Å². The maximum absolute atomic E-state index is 14.1. The van der Waals surface area contributed by atoms with Crippen molar-refractivity contribution in [1.29, 1.82) is 0 Å². The fourth-order valence-corrected chi connectivity index (χ4v) is 4.60. The number of nitrogens with one attached hydrogen (secondary N) is 1. The molecule has 5 N–H and O–H groups in total. The van der Waals surface area contributed by atoms with Gasteiger partial charge in [0.2, 0.25) is 5.91 Å². The molecule has 10 heteroatoms. The quantitative estimate of drug-likeness (QED) is 0.371. The molecule has 0 fully saturated rings. The van der Waals surface area contributed by atoms with Crippen LogP contribution >= 0.6 is 11.5 Å². The second-order valence-electron chi connectivity index (χ2n) is 9.51. The molecule has 1 heterocycles. The molecule has 37 heavy (non-hydrogen) atoms. The van der Waals surface area contributed by atoms with E-state index in [9.17, 15) is 14.4 Å². The van der Waals surface area contributed by atoms with Gasteiger partial charge in [0, 0.05) is 32.0 Å². The predicted molar refractivity (Wildman–Crippen MR) is 149 cm³/mol. The summed E-state index contributed by atoms with van der Waals surface area (Å²) >= 11 is 0.787. The summed E-state index contributed by atoms with van der Waals surface area (Å²) in [6.07, 6.45) is 0.792. The van der Waals surface area contributed by atoms with Gasteiger partial charge in [-0.3, -0.25) is 19.3 Å². The number of rotatable bonds is 10. The van der Waals surface area contributed by atoms with E-state index in [4.69, 9.17) is 11.5 Å². The van der Waals surface area contributed by atoms with Crippen LogP contribution in [0.25, 0.3) is 0 Å². The molecule has 196 valence electrons. The van der Waals surface area contributed by atoms with Gasteiger partial charge in [0.25, 0.3) is 11.8 Å². The van der Waals surface area contributed by atoms with Crippen LogP contribution in [-0.4, -0.2) is 42.7 Å². The van der Waals surface area contributed by atoms with Gasteiger partial charge in [0.05, 0.1) is 5.69 Å². The lowest BCUT2D eigenvalue weighted by atomic mass is 10.0. The summed E-state index contributed by atoms with van der Waals surface area (Å²) in [5.41, 5.74) is 14.3. The average Bonchev–Trinajstić information content (AvgIpc) is 3.23. The molecule has 0 unspecified atom stereocenters. The Balaban J connectivity index is 2.17. The molecule has 0 aliphatic heterocycles. The smallest absolute Gasteiger partial charge is 0.273 e. The van der Waals surface area contributed by atoms with E-state index in [0.717, 1.165) is 29.2 Å². The minimum atomic E-state index is -1.00. The molecule has 0 spiro atoms. The highest BCUT2D eigenvalue weighted by Gasteiger charge is 2.36. The number of primary amides is 1. The van der Waals surface area contributed by atoms with Gasteiger partial charge >= 0.3 is 0 Å². The van der Waals surface area contributed by atoms with Crippen molar-refractivity contribution in [2.45, 2.75) is 33.2 Å². The normalized spacial score (nSPS) is 11.7. The highest BCUT2D eigenvalue weighted by atomic mass is 32.1. The summed E-state index contributed by atoms with van der Waals surface area (Å²) in [7, 11) is 3.85. The monoisotopic (exact) mass is 522 g/mol. The van der Waals surface area contributed by atoms with Crippen molar-refractivity contribution in [1.82, 2.24) is 9.69 Å².